The summed E-state index contributed by atoms with van der Waals surface area (Å²) in [5.41, 5.74) is 2.13. The number of likely N-dealkylation sites (tertiary alicyclic amines) is 2. The molecule has 6 atom stereocenters. The van der Waals surface area contributed by atoms with Gasteiger partial charge in [0.2, 0.25) is 0 Å². The highest BCUT2D eigenvalue weighted by Crippen LogP contribution is 2.39. The molecule has 2 fully saturated rings. The van der Waals surface area contributed by atoms with Crippen LogP contribution in [-0.2, 0) is 38.1 Å². The number of hydrogen-bond acceptors (Lipinski definition) is 18. The van der Waals surface area contributed by atoms with E-state index in [4.69, 9.17) is 50.7 Å². The van der Waals surface area contributed by atoms with Crippen molar-refractivity contribution in [3.05, 3.63) is 124 Å². The number of carboxylic acid groups (broad SMARTS) is 2. The van der Waals surface area contributed by atoms with Crippen LogP contribution >= 0.6 is 50.2 Å². The smallest absolute Gasteiger partial charge is 0.338 e. The number of nitrogens with one attached hydrogen (secondary N) is 2. The van der Waals surface area contributed by atoms with Gasteiger partial charge in [0.05, 0.1) is 36.6 Å². The quantitative estimate of drug-likeness (QED) is 0.0592. The SMILES string of the molecule is CCOC(=O)C1=C(CN2CC(F)CC(OCC(=O)O)C2)NC(c2nccs2)=N[C@H]1c1ccc(F)cc1Br.CCOC(=O)C1=C(CN2CC(F)CC(OCC(=O)O)C2)NC(c2nccs2)=N[C@H]1c1ccc(F)cc1Cl. The summed E-state index contributed by atoms with van der Waals surface area (Å²) in [6, 6.07) is 6.16. The largest absolute Gasteiger partial charge is 0.480 e. The third kappa shape index (κ3) is 14.8. The molecule has 0 aliphatic carbocycles. The topological polar surface area (TPSA) is 227 Å². The zero-order chi connectivity index (χ0) is 53.1. The van der Waals surface area contributed by atoms with Gasteiger partial charge in [-0.25, -0.2) is 46.7 Å². The third-order valence-corrected chi connectivity index (χ3v) is 14.1. The van der Waals surface area contributed by atoms with Gasteiger partial charge in [0.1, 0.15) is 49.3 Å². The van der Waals surface area contributed by atoms with Crippen LogP contribution in [0, 0.1) is 11.6 Å². The normalized spacial score (nSPS) is 22.4. The Morgan fingerprint density at radius 3 is 1.57 bits per heavy atom. The van der Waals surface area contributed by atoms with Gasteiger partial charge in [-0.3, -0.25) is 19.8 Å². The molecule has 18 nitrogen and oxygen atoms in total. The minimum Gasteiger partial charge on any atom is -0.480 e. The number of alkyl halides is 2. The fourth-order valence-electron chi connectivity index (χ4n) is 8.61. The van der Waals surface area contributed by atoms with Crippen LogP contribution in [0.25, 0.3) is 0 Å². The van der Waals surface area contributed by atoms with E-state index in [0.29, 0.717) is 48.7 Å². The molecule has 0 radical (unpaired) electrons. The van der Waals surface area contributed by atoms with E-state index < -0.39 is 85.4 Å². The van der Waals surface area contributed by atoms with E-state index in [1.54, 1.807) is 52.9 Å². The molecule has 6 heterocycles. The number of carbonyl (C=O) groups is 4. The highest BCUT2D eigenvalue weighted by Gasteiger charge is 2.39. The van der Waals surface area contributed by atoms with E-state index in [1.165, 1.54) is 46.9 Å². The number of carboxylic acids is 2. The molecular formula is C48H50BrClF4N8O10S2. The maximum absolute atomic E-state index is 14.6. The molecule has 0 spiro atoms. The van der Waals surface area contributed by atoms with E-state index in [1.807, 2.05) is 0 Å². The first-order valence-electron chi connectivity index (χ1n) is 23.1. The van der Waals surface area contributed by atoms with Gasteiger partial charge in [0.15, 0.2) is 21.7 Å². The minimum atomic E-state index is -1.25. The number of carbonyl (C=O) groups excluding carboxylic acids is 2. The first kappa shape index (κ1) is 56.1. The Labute approximate surface area is 443 Å². The zero-order valence-corrected chi connectivity index (χ0v) is 43.6. The van der Waals surface area contributed by atoms with Crippen LogP contribution in [0.15, 0.2) is 96.5 Å². The van der Waals surface area contributed by atoms with Gasteiger partial charge in [-0.1, -0.05) is 39.7 Å². The number of aromatic nitrogens is 2. The molecular weight excluding hydrogens is 1100 g/mol. The van der Waals surface area contributed by atoms with Crippen molar-refractivity contribution in [1.29, 1.82) is 0 Å². The Bertz CT molecular complexity index is 2610. The standard InChI is InChI=1S/C24H25BrF2N4O5S.C24H25ClF2N4O5S/c2*1-2-35-24(34)20-18(11-31-9-14(27)7-15(10-31)36-12-19(32)33)29-22(23-28-5-6-37-23)30-21(20)16-4-3-13(26)8-17(16)25/h2*3-6,8,14-15,21H,2,7,9-12H2,1H3,(H,29,30)(H,32,33)/t2*14?,15?,21-/m00/s1. The summed E-state index contributed by atoms with van der Waals surface area (Å²) in [6.07, 6.45) is -0.363. The van der Waals surface area contributed by atoms with E-state index >= 15 is 0 Å². The molecule has 0 saturated carbocycles. The number of ether oxygens (including phenoxy) is 4. The molecule has 2 saturated heterocycles. The van der Waals surface area contributed by atoms with E-state index in [2.05, 4.69) is 36.5 Å². The second-order valence-corrected chi connectivity index (χ2v) is 20.0. The number of nitrogens with zero attached hydrogens (tertiary/aromatic N) is 6. The Balaban J connectivity index is 0.000000216. The van der Waals surface area contributed by atoms with Gasteiger partial charge in [-0.15, -0.1) is 22.7 Å². The highest BCUT2D eigenvalue weighted by molar-refractivity contribution is 9.10. The van der Waals surface area contributed by atoms with Crippen molar-refractivity contribution in [2.75, 3.05) is 65.7 Å². The minimum absolute atomic E-state index is 0.0555. The lowest BCUT2D eigenvalue weighted by Crippen LogP contribution is -2.48. The Morgan fingerprint density at radius 2 is 1.16 bits per heavy atom. The van der Waals surface area contributed by atoms with Crippen molar-refractivity contribution >= 4 is 85.8 Å². The van der Waals surface area contributed by atoms with Crippen LogP contribution in [-0.4, -0.2) is 156 Å². The Kier molecular flexibility index (Phi) is 19.9. The summed E-state index contributed by atoms with van der Waals surface area (Å²) >= 11 is 12.4. The number of esters is 2. The molecule has 2 aromatic heterocycles. The molecule has 0 bridgehead atoms. The van der Waals surface area contributed by atoms with Gasteiger partial charge in [0, 0.05) is 102 Å². The maximum Gasteiger partial charge on any atom is 0.338 e. The second kappa shape index (κ2) is 26.2. The zero-order valence-electron chi connectivity index (χ0n) is 39.7. The van der Waals surface area contributed by atoms with Crippen molar-refractivity contribution in [2.24, 2.45) is 9.98 Å². The molecule has 0 amide bonds. The monoisotopic (exact) mass is 1150 g/mol. The van der Waals surface area contributed by atoms with Gasteiger partial charge in [0.25, 0.3) is 0 Å². The van der Waals surface area contributed by atoms with Crippen LogP contribution in [0.2, 0.25) is 5.02 Å². The van der Waals surface area contributed by atoms with Crippen molar-refractivity contribution in [1.82, 2.24) is 30.4 Å². The first-order valence-corrected chi connectivity index (χ1v) is 26.0. The van der Waals surface area contributed by atoms with E-state index in [9.17, 15) is 36.7 Å². The second-order valence-electron chi connectivity index (χ2n) is 16.9. The molecule has 8 rings (SSSR count). The number of piperidine rings is 2. The summed E-state index contributed by atoms with van der Waals surface area (Å²) in [6.45, 7) is 3.36. The number of rotatable bonds is 18. The fraction of sp³-hybridized carbons (Fsp3) is 0.417. The first-order chi connectivity index (χ1) is 35.5. The maximum atomic E-state index is 14.6. The number of thiazole rings is 2. The molecule has 26 heteroatoms. The van der Waals surface area contributed by atoms with Crippen LogP contribution in [0.3, 0.4) is 0 Å². The Hall–Kier alpha value is -5.67. The summed E-state index contributed by atoms with van der Waals surface area (Å²) in [7, 11) is 0. The summed E-state index contributed by atoms with van der Waals surface area (Å²) in [5, 5.41) is 29.0. The predicted octanol–water partition coefficient (Wildman–Crippen LogP) is 6.82. The van der Waals surface area contributed by atoms with Crippen LogP contribution in [0.5, 0.6) is 0 Å². The molecule has 2 aromatic carbocycles. The lowest BCUT2D eigenvalue weighted by atomic mass is 9.94. The van der Waals surface area contributed by atoms with Gasteiger partial charge >= 0.3 is 23.9 Å². The summed E-state index contributed by atoms with van der Waals surface area (Å²) < 4.78 is 78.7. The molecule has 74 heavy (non-hydrogen) atoms. The molecule has 396 valence electrons. The lowest BCUT2D eigenvalue weighted by molar-refractivity contribution is -0.147. The highest BCUT2D eigenvalue weighted by atomic mass is 79.9. The molecule has 4 N–H and O–H groups in total. The lowest BCUT2D eigenvalue weighted by Gasteiger charge is -2.36. The fourth-order valence-corrected chi connectivity index (χ4v) is 10.6. The van der Waals surface area contributed by atoms with E-state index in [-0.39, 0.29) is 81.5 Å². The van der Waals surface area contributed by atoms with Crippen molar-refractivity contribution in [2.45, 2.75) is 63.3 Å². The van der Waals surface area contributed by atoms with Crippen molar-refractivity contribution < 1.29 is 65.9 Å². The predicted molar refractivity (Wildman–Crippen MR) is 269 cm³/mol. The summed E-state index contributed by atoms with van der Waals surface area (Å²) in [5.74, 6) is -3.75. The molecule has 4 unspecified atom stereocenters. The van der Waals surface area contributed by atoms with E-state index in [0.717, 1.165) is 6.07 Å². The van der Waals surface area contributed by atoms with Crippen molar-refractivity contribution in [3.8, 4) is 0 Å². The average Bonchev–Trinajstić information content (AvgIpc) is 4.09. The number of halogens is 6. The Morgan fingerprint density at radius 1 is 0.716 bits per heavy atom. The molecule has 4 aliphatic rings. The number of amidine groups is 2. The number of benzene rings is 2. The molecule has 4 aromatic rings. The average molecular weight is 1150 g/mol. The number of hydrogen-bond donors (Lipinski definition) is 4. The van der Waals surface area contributed by atoms with Crippen LogP contribution in [0.4, 0.5) is 17.6 Å². The van der Waals surface area contributed by atoms with Gasteiger partial charge in [-0.2, -0.15) is 0 Å². The van der Waals surface area contributed by atoms with Crippen LogP contribution in [0.1, 0.15) is 59.9 Å². The molecule has 4 aliphatic heterocycles. The number of aliphatic carboxylic acids is 2. The van der Waals surface area contributed by atoms with Gasteiger partial charge < -0.3 is 39.8 Å². The van der Waals surface area contributed by atoms with Crippen LogP contribution < -0.4 is 10.6 Å². The summed E-state index contributed by atoms with van der Waals surface area (Å²) in [4.78, 5) is 69.8. The third-order valence-electron chi connectivity index (χ3n) is 11.5. The number of aliphatic imine (C=N–C) groups is 2. The van der Waals surface area contributed by atoms with Crippen molar-refractivity contribution in [3.63, 3.8) is 0 Å². The van der Waals surface area contributed by atoms with Gasteiger partial charge in [-0.05, 0) is 43.7 Å².